The molecule has 24 heavy (non-hydrogen) atoms. The Morgan fingerprint density at radius 3 is 2.71 bits per heavy atom. The van der Waals surface area contributed by atoms with Gasteiger partial charge in [-0.3, -0.25) is 9.80 Å². The van der Waals surface area contributed by atoms with E-state index in [1.165, 1.54) is 25.9 Å². The zero-order valence-corrected chi connectivity index (χ0v) is 14.7. The van der Waals surface area contributed by atoms with E-state index in [1.54, 1.807) is 6.07 Å². The van der Waals surface area contributed by atoms with E-state index in [0.29, 0.717) is 17.9 Å². The van der Waals surface area contributed by atoms with Gasteiger partial charge in [0.15, 0.2) is 0 Å². The standard InChI is InChI=1S/C19H28N4O/c1-21-8-4-6-18(16-21)23-11-9-22(10-12-23)13-14-24-19-7-3-2-5-17(19)15-20/h2-3,5,7,18H,4,6,8-14,16H2,1H3. The summed E-state index contributed by atoms with van der Waals surface area (Å²) in [4.78, 5) is 7.59. The Morgan fingerprint density at radius 2 is 1.96 bits per heavy atom. The molecular weight excluding hydrogens is 300 g/mol. The lowest BCUT2D eigenvalue weighted by atomic mass is 10.0. The summed E-state index contributed by atoms with van der Waals surface area (Å²) in [5, 5.41) is 9.09. The molecule has 1 aromatic carbocycles. The first-order valence-corrected chi connectivity index (χ1v) is 9.03. The van der Waals surface area contributed by atoms with Crippen LogP contribution in [0.15, 0.2) is 24.3 Å². The van der Waals surface area contributed by atoms with Crippen LogP contribution in [-0.2, 0) is 0 Å². The molecule has 0 N–H and O–H groups in total. The van der Waals surface area contributed by atoms with Crippen LogP contribution in [0, 0.1) is 11.3 Å². The van der Waals surface area contributed by atoms with E-state index in [4.69, 9.17) is 10.00 Å². The maximum atomic E-state index is 9.09. The van der Waals surface area contributed by atoms with Crippen LogP contribution in [-0.4, -0.2) is 80.2 Å². The first-order valence-electron chi connectivity index (χ1n) is 9.03. The largest absolute Gasteiger partial charge is 0.491 e. The molecule has 5 nitrogen and oxygen atoms in total. The van der Waals surface area contributed by atoms with Crippen molar-refractivity contribution >= 4 is 0 Å². The SMILES string of the molecule is CN1CCCC(N2CCN(CCOc3ccccc3C#N)CC2)C1. The number of rotatable bonds is 5. The van der Waals surface area contributed by atoms with Crippen LogP contribution in [0.4, 0.5) is 0 Å². The molecule has 0 spiro atoms. The third-order valence-electron chi connectivity index (χ3n) is 5.20. The average molecular weight is 328 g/mol. The first kappa shape index (κ1) is 17.2. The van der Waals surface area contributed by atoms with Crippen molar-refractivity contribution in [3.8, 4) is 11.8 Å². The summed E-state index contributed by atoms with van der Waals surface area (Å²) in [6, 6.07) is 10.4. The molecule has 0 saturated carbocycles. The molecule has 3 rings (SSSR count). The first-order chi connectivity index (χ1) is 11.8. The zero-order chi connectivity index (χ0) is 16.8. The van der Waals surface area contributed by atoms with Crippen LogP contribution in [0.25, 0.3) is 0 Å². The Kier molecular flexibility index (Phi) is 6.08. The zero-order valence-electron chi connectivity index (χ0n) is 14.7. The summed E-state index contributed by atoms with van der Waals surface area (Å²) < 4.78 is 5.80. The predicted octanol–water partition coefficient (Wildman–Crippen LogP) is 1.65. The van der Waals surface area contributed by atoms with E-state index < -0.39 is 0 Å². The number of nitriles is 1. The van der Waals surface area contributed by atoms with Gasteiger partial charge in [-0.1, -0.05) is 12.1 Å². The van der Waals surface area contributed by atoms with Crippen molar-refractivity contribution in [2.75, 3.05) is 59.5 Å². The number of nitrogens with zero attached hydrogens (tertiary/aromatic N) is 4. The number of piperazine rings is 1. The molecule has 2 saturated heterocycles. The van der Waals surface area contributed by atoms with Crippen LogP contribution in [0.3, 0.4) is 0 Å². The van der Waals surface area contributed by atoms with Gasteiger partial charge < -0.3 is 9.64 Å². The Bertz CT molecular complexity index is 563. The second-order valence-corrected chi connectivity index (χ2v) is 6.89. The fourth-order valence-corrected chi connectivity index (χ4v) is 3.76. The van der Waals surface area contributed by atoms with Crippen molar-refractivity contribution in [3.05, 3.63) is 29.8 Å². The normalized spacial score (nSPS) is 23.8. The van der Waals surface area contributed by atoms with Crippen LogP contribution >= 0.6 is 0 Å². The number of benzene rings is 1. The lowest BCUT2D eigenvalue weighted by molar-refractivity contribution is 0.0547. The van der Waals surface area contributed by atoms with Gasteiger partial charge in [-0.05, 0) is 38.6 Å². The predicted molar refractivity (Wildman–Crippen MR) is 95.2 cm³/mol. The van der Waals surface area contributed by atoms with Crippen molar-refractivity contribution in [2.24, 2.45) is 0 Å². The van der Waals surface area contributed by atoms with Gasteiger partial charge >= 0.3 is 0 Å². The highest BCUT2D eigenvalue weighted by molar-refractivity contribution is 5.42. The minimum Gasteiger partial charge on any atom is -0.491 e. The van der Waals surface area contributed by atoms with E-state index in [1.807, 2.05) is 18.2 Å². The topological polar surface area (TPSA) is 42.7 Å². The molecule has 0 radical (unpaired) electrons. The molecule has 130 valence electrons. The second-order valence-electron chi connectivity index (χ2n) is 6.89. The maximum absolute atomic E-state index is 9.09. The highest BCUT2D eigenvalue weighted by Gasteiger charge is 2.26. The van der Waals surface area contributed by atoms with Gasteiger partial charge in [0.05, 0.1) is 5.56 Å². The van der Waals surface area contributed by atoms with E-state index in [0.717, 1.165) is 38.8 Å². The molecule has 5 heteroatoms. The Labute approximate surface area is 145 Å². The summed E-state index contributed by atoms with van der Waals surface area (Å²) in [5.74, 6) is 0.698. The number of para-hydroxylation sites is 1. The average Bonchev–Trinajstić information content (AvgIpc) is 2.63. The molecule has 2 fully saturated rings. The Balaban J connectivity index is 1.39. The number of hydrogen-bond donors (Lipinski definition) is 0. The monoisotopic (exact) mass is 328 g/mol. The molecule has 0 aromatic heterocycles. The smallest absolute Gasteiger partial charge is 0.137 e. The minimum absolute atomic E-state index is 0.615. The van der Waals surface area contributed by atoms with Crippen LogP contribution in [0.2, 0.25) is 0 Å². The quantitative estimate of drug-likeness (QED) is 0.822. The third-order valence-corrected chi connectivity index (χ3v) is 5.20. The van der Waals surface area contributed by atoms with Crippen LogP contribution < -0.4 is 4.74 Å². The molecule has 1 unspecified atom stereocenters. The number of likely N-dealkylation sites (N-methyl/N-ethyl adjacent to an activating group) is 1. The molecule has 1 atom stereocenters. The number of likely N-dealkylation sites (tertiary alicyclic amines) is 1. The maximum Gasteiger partial charge on any atom is 0.137 e. The highest BCUT2D eigenvalue weighted by Crippen LogP contribution is 2.18. The number of hydrogen-bond acceptors (Lipinski definition) is 5. The fourth-order valence-electron chi connectivity index (χ4n) is 3.76. The lowest BCUT2D eigenvalue weighted by Gasteiger charge is -2.42. The Hall–Kier alpha value is -1.61. The van der Waals surface area contributed by atoms with Crippen molar-refractivity contribution in [2.45, 2.75) is 18.9 Å². The summed E-state index contributed by atoms with van der Waals surface area (Å²) >= 11 is 0. The van der Waals surface area contributed by atoms with Gasteiger partial charge in [-0.2, -0.15) is 5.26 Å². The van der Waals surface area contributed by atoms with Crippen molar-refractivity contribution in [1.29, 1.82) is 5.26 Å². The molecule has 2 heterocycles. The summed E-state index contributed by atoms with van der Waals surface area (Å²) in [6.45, 7) is 8.59. The van der Waals surface area contributed by atoms with E-state index in [-0.39, 0.29) is 0 Å². The molecule has 2 aliphatic heterocycles. The van der Waals surface area contributed by atoms with E-state index in [2.05, 4.69) is 27.8 Å². The second kappa shape index (κ2) is 8.48. The van der Waals surface area contributed by atoms with Gasteiger partial charge in [0, 0.05) is 45.3 Å². The number of ether oxygens (including phenoxy) is 1. The molecular formula is C19H28N4O. The highest BCUT2D eigenvalue weighted by atomic mass is 16.5. The summed E-state index contributed by atoms with van der Waals surface area (Å²) in [5.41, 5.74) is 0.615. The van der Waals surface area contributed by atoms with E-state index in [9.17, 15) is 0 Å². The Morgan fingerprint density at radius 1 is 1.17 bits per heavy atom. The number of piperidine rings is 1. The molecule has 1 aromatic rings. The summed E-state index contributed by atoms with van der Waals surface area (Å²) in [6.07, 6.45) is 2.67. The molecule has 0 bridgehead atoms. The van der Waals surface area contributed by atoms with Gasteiger partial charge in [0.25, 0.3) is 0 Å². The minimum atomic E-state index is 0.615. The van der Waals surface area contributed by atoms with Gasteiger partial charge in [0.2, 0.25) is 0 Å². The van der Waals surface area contributed by atoms with Crippen molar-refractivity contribution in [1.82, 2.24) is 14.7 Å². The van der Waals surface area contributed by atoms with Gasteiger partial charge in [-0.25, -0.2) is 0 Å². The third kappa shape index (κ3) is 4.47. The lowest BCUT2D eigenvalue weighted by Crippen LogP contribution is -2.54. The van der Waals surface area contributed by atoms with Crippen molar-refractivity contribution in [3.63, 3.8) is 0 Å². The van der Waals surface area contributed by atoms with E-state index >= 15 is 0 Å². The van der Waals surface area contributed by atoms with Crippen LogP contribution in [0.1, 0.15) is 18.4 Å². The van der Waals surface area contributed by atoms with Gasteiger partial charge in [0.1, 0.15) is 18.4 Å². The van der Waals surface area contributed by atoms with Gasteiger partial charge in [-0.15, -0.1) is 0 Å². The fraction of sp³-hybridized carbons (Fsp3) is 0.632. The molecule has 0 amide bonds. The van der Waals surface area contributed by atoms with Crippen molar-refractivity contribution < 1.29 is 4.74 Å². The molecule has 2 aliphatic rings. The van der Waals surface area contributed by atoms with Crippen LogP contribution in [0.5, 0.6) is 5.75 Å². The summed E-state index contributed by atoms with van der Waals surface area (Å²) in [7, 11) is 2.23. The molecule has 0 aliphatic carbocycles.